The summed E-state index contributed by atoms with van der Waals surface area (Å²) in [6.45, 7) is 4.25. The smallest absolute Gasteiger partial charge is 0.268 e. The lowest BCUT2D eigenvalue weighted by Gasteiger charge is -2.16. The lowest BCUT2D eigenvalue weighted by Crippen LogP contribution is -2.31. The van der Waals surface area contributed by atoms with Gasteiger partial charge >= 0.3 is 0 Å². The molecule has 3 rings (SSSR count). The molecule has 0 bridgehead atoms. The lowest BCUT2D eigenvalue weighted by atomic mass is 10.0. The van der Waals surface area contributed by atoms with Crippen LogP contribution < -0.4 is 4.74 Å². The van der Waals surface area contributed by atoms with E-state index in [-0.39, 0.29) is 18.4 Å². The Hall–Kier alpha value is -2.53. The van der Waals surface area contributed by atoms with E-state index in [2.05, 4.69) is 0 Å². The molecule has 2 amide bonds. The number of methoxy groups -OCH3 is 1. The Kier molecular flexibility index (Phi) is 5.47. The van der Waals surface area contributed by atoms with E-state index in [0.29, 0.717) is 27.5 Å². The normalized spacial score (nSPS) is 14.3. The van der Waals surface area contributed by atoms with Gasteiger partial charge in [-0.2, -0.15) is 0 Å². The SMILES string of the molecule is CCSC1=C(c2ccccc2OC)C(=O)N(Cc2ccc(C)cc2)C1=O. The molecule has 2 aromatic carbocycles. The molecule has 0 saturated heterocycles. The van der Waals surface area contributed by atoms with Gasteiger partial charge in [0.25, 0.3) is 11.8 Å². The molecule has 0 atom stereocenters. The number of carbonyl (C=O) groups is 2. The molecule has 0 N–H and O–H groups in total. The number of carbonyl (C=O) groups excluding carboxylic acids is 2. The highest BCUT2D eigenvalue weighted by atomic mass is 32.2. The maximum atomic E-state index is 13.1. The number of nitrogens with zero attached hydrogens (tertiary/aromatic N) is 1. The first-order valence-electron chi connectivity index (χ1n) is 8.49. The van der Waals surface area contributed by atoms with Crippen LogP contribution in [-0.4, -0.2) is 29.6 Å². The van der Waals surface area contributed by atoms with Gasteiger partial charge in [-0.1, -0.05) is 55.0 Å². The fraction of sp³-hybridized carbons (Fsp3) is 0.238. The Balaban J connectivity index is 2.00. The van der Waals surface area contributed by atoms with Gasteiger partial charge in [-0.25, -0.2) is 0 Å². The summed E-state index contributed by atoms with van der Waals surface area (Å²) in [6, 6.07) is 15.2. The molecule has 0 unspecified atom stereocenters. The summed E-state index contributed by atoms with van der Waals surface area (Å²) in [5.41, 5.74) is 3.17. The minimum absolute atomic E-state index is 0.233. The molecule has 26 heavy (non-hydrogen) atoms. The summed E-state index contributed by atoms with van der Waals surface area (Å²) in [7, 11) is 1.57. The minimum Gasteiger partial charge on any atom is -0.496 e. The van der Waals surface area contributed by atoms with Crippen molar-refractivity contribution in [3.05, 3.63) is 70.1 Å². The third-order valence-corrected chi connectivity index (χ3v) is 5.21. The molecule has 0 radical (unpaired) electrons. The fourth-order valence-electron chi connectivity index (χ4n) is 2.94. The molecule has 4 nitrogen and oxygen atoms in total. The monoisotopic (exact) mass is 367 g/mol. The van der Waals surface area contributed by atoms with Crippen molar-refractivity contribution in [1.82, 2.24) is 4.90 Å². The van der Waals surface area contributed by atoms with Gasteiger partial charge in [0.1, 0.15) is 5.75 Å². The van der Waals surface area contributed by atoms with Crippen LogP contribution in [-0.2, 0) is 16.1 Å². The third-order valence-electron chi connectivity index (χ3n) is 4.25. The van der Waals surface area contributed by atoms with E-state index in [1.807, 2.05) is 56.3 Å². The van der Waals surface area contributed by atoms with Gasteiger partial charge in [0.05, 0.1) is 24.1 Å². The number of rotatable bonds is 6. The van der Waals surface area contributed by atoms with Crippen LogP contribution in [0, 0.1) is 6.92 Å². The molecular formula is C21H21NO3S. The van der Waals surface area contributed by atoms with Crippen molar-refractivity contribution in [3.63, 3.8) is 0 Å². The topological polar surface area (TPSA) is 46.6 Å². The van der Waals surface area contributed by atoms with Crippen LogP contribution in [0.25, 0.3) is 5.57 Å². The predicted molar refractivity (Wildman–Crippen MR) is 105 cm³/mol. The number of imide groups is 1. The Labute approximate surface area is 157 Å². The van der Waals surface area contributed by atoms with Crippen molar-refractivity contribution in [2.75, 3.05) is 12.9 Å². The number of aryl methyl sites for hydroxylation is 1. The molecule has 0 spiro atoms. The Morgan fingerprint density at radius 2 is 1.69 bits per heavy atom. The first-order valence-corrected chi connectivity index (χ1v) is 9.47. The fourth-order valence-corrected chi connectivity index (χ4v) is 3.80. The zero-order valence-electron chi connectivity index (χ0n) is 15.1. The third kappa shape index (κ3) is 3.40. The van der Waals surface area contributed by atoms with Crippen molar-refractivity contribution in [2.45, 2.75) is 20.4 Å². The van der Waals surface area contributed by atoms with Crippen LogP contribution in [0.3, 0.4) is 0 Å². The van der Waals surface area contributed by atoms with E-state index in [1.165, 1.54) is 16.7 Å². The van der Waals surface area contributed by atoms with Gasteiger partial charge in [0.15, 0.2) is 0 Å². The minimum atomic E-state index is -0.268. The zero-order valence-corrected chi connectivity index (χ0v) is 15.9. The van der Waals surface area contributed by atoms with Gasteiger partial charge in [-0.05, 0) is 24.3 Å². The first kappa shape index (κ1) is 18.3. The second-order valence-electron chi connectivity index (χ2n) is 6.02. The number of ether oxygens (including phenoxy) is 1. The number of hydrogen-bond acceptors (Lipinski definition) is 4. The maximum Gasteiger partial charge on any atom is 0.268 e. The van der Waals surface area contributed by atoms with Crippen LogP contribution in [0.2, 0.25) is 0 Å². The molecule has 0 fully saturated rings. The summed E-state index contributed by atoms with van der Waals surface area (Å²) in [5, 5.41) is 0. The standard InChI is InChI=1S/C21H21NO3S/c1-4-26-19-18(16-7-5-6-8-17(16)25-3)20(23)22(21(19)24)13-15-11-9-14(2)10-12-15/h5-12H,4,13H2,1-3H3. The Morgan fingerprint density at radius 1 is 1.00 bits per heavy atom. The van der Waals surface area contributed by atoms with Gasteiger partial charge in [0, 0.05) is 5.56 Å². The summed E-state index contributed by atoms with van der Waals surface area (Å²) >= 11 is 1.40. The van der Waals surface area contributed by atoms with E-state index >= 15 is 0 Å². The lowest BCUT2D eigenvalue weighted by molar-refractivity contribution is -0.137. The van der Waals surface area contributed by atoms with Crippen molar-refractivity contribution in [1.29, 1.82) is 0 Å². The number of hydrogen-bond donors (Lipinski definition) is 0. The summed E-state index contributed by atoms with van der Waals surface area (Å²) in [6.07, 6.45) is 0. The van der Waals surface area contributed by atoms with E-state index in [1.54, 1.807) is 13.2 Å². The molecule has 0 aromatic heterocycles. The van der Waals surface area contributed by atoms with Crippen LogP contribution in [0.5, 0.6) is 5.75 Å². The van der Waals surface area contributed by atoms with Crippen LogP contribution in [0.15, 0.2) is 53.4 Å². The van der Waals surface area contributed by atoms with Gasteiger partial charge in [-0.3, -0.25) is 14.5 Å². The first-order chi connectivity index (χ1) is 12.6. The van der Waals surface area contributed by atoms with Crippen LogP contribution in [0.4, 0.5) is 0 Å². The van der Waals surface area contributed by atoms with Crippen molar-refractivity contribution in [2.24, 2.45) is 0 Å². The second kappa shape index (κ2) is 7.79. The van der Waals surface area contributed by atoms with Crippen molar-refractivity contribution < 1.29 is 14.3 Å². The number of para-hydroxylation sites is 1. The highest BCUT2D eigenvalue weighted by Gasteiger charge is 2.39. The molecule has 1 aliphatic heterocycles. The molecule has 134 valence electrons. The van der Waals surface area contributed by atoms with Crippen LogP contribution in [0.1, 0.15) is 23.6 Å². The Bertz CT molecular complexity index is 871. The molecule has 0 saturated carbocycles. The summed E-state index contributed by atoms with van der Waals surface area (Å²) in [5.74, 6) is 0.806. The highest BCUT2D eigenvalue weighted by molar-refractivity contribution is 8.04. The number of thioether (sulfide) groups is 1. The summed E-state index contributed by atoms with van der Waals surface area (Å²) in [4.78, 5) is 27.9. The van der Waals surface area contributed by atoms with Crippen molar-refractivity contribution >= 4 is 29.1 Å². The quantitative estimate of drug-likeness (QED) is 0.723. The highest BCUT2D eigenvalue weighted by Crippen LogP contribution is 2.39. The average Bonchev–Trinajstić information content (AvgIpc) is 2.88. The summed E-state index contributed by atoms with van der Waals surface area (Å²) < 4.78 is 5.41. The van der Waals surface area contributed by atoms with Gasteiger partial charge in [0.2, 0.25) is 0 Å². The molecular weight excluding hydrogens is 346 g/mol. The van der Waals surface area contributed by atoms with Gasteiger partial charge < -0.3 is 4.74 Å². The Morgan fingerprint density at radius 3 is 2.35 bits per heavy atom. The largest absolute Gasteiger partial charge is 0.496 e. The maximum absolute atomic E-state index is 13.1. The molecule has 0 aliphatic carbocycles. The predicted octanol–water partition coefficient (Wildman–Crippen LogP) is 4.04. The molecule has 1 heterocycles. The van der Waals surface area contributed by atoms with Gasteiger partial charge in [-0.15, -0.1) is 11.8 Å². The molecule has 2 aromatic rings. The van der Waals surface area contributed by atoms with E-state index in [4.69, 9.17) is 4.74 Å². The second-order valence-corrected chi connectivity index (χ2v) is 7.29. The van der Waals surface area contributed by atoms with E-state index in [0.717, 1.165) is 11.1 Å². The van der Waals surface area contributed by atoms with Crippen molar-refractivity contribution in [3.8, 4) is 5.75 Å². The number of amides is 2. The molecule has 5 heteroatoms. The average molecular weight is 367 g/mol. The van der Waals surface area contributed by atoms with E-state index < -0.39 is 0 Å². The zero-order chi connectivity index (χ0) is 18.7. The van der Waals surface area contributed by atoms with E-state index in [9.17, 15) is 9.59 Å². The van der Waals surface area contributed by atoms with Crippen LogP contribution >= 0.6 is 11.8 Å². The number of benzene rings is 2. The molecule has 1 aliphatic rings.